The van der Waals surface area contributed by atoms with Crippen LogP contribution in [0.3, 0.4) is 0 Å². The number of carbonyl (C=O) groups is 1. The number of ketones is 1. The molecule has 0 aromatic carbocycles. The lowest BCUT2D eigenvalue weighted by Crippen LogP contribution is -2.54. The van der Waals surface area contributed by atoms with Crippen LogP contribution in [0.25, 0.3) is 0 Å². The second-order valence-electron chi connectivity index (χ2n) is 9.11. The van der Waals surface area contributed by atoms with Crippen molar-refractivity contribution in [2.45, 2.75) is 77.5 Å². The van der Waals surface area contributed by atoms with E-state index in [0.717, 1.165) is 44.9 Å². The highest BCUT2D eigenvalue weighted by Crippen LogP contribution is 2.65. The number of aliphatic hydroxyl groups excluding tert-OH is 1. The van der Waals surface area contributed by atoms with Crippen LogP contribution in [0.5, 0.6) is 0 Å². The first kappa shape index (κ1) is 15.1. The van der Waals surface area contributed by atoms with Gasteiger partial charge in [0, 0.05) is 5.41 Å². The maximum atomic E-state index is 14.1. The topological polar surface area (TPSA) is 37.3 Å². The lowest BCUT2D eigenvalue weighted by Gasteiger charge is -2.59. The van der Waals surface area contributed by atoms with Crippen LogP contribution >= 0.6 is 0 Å². The van der Waals surface area contributed by atoms with E-state index in [4.69, 9.17) is 0 Å². The monoisotopic (exact) mass is 308 g/mol. The highest BCUT2D eigenvalue weighted by Gasteiger charge is 2.62. The molecule has 0 bridgehead atoms. The molecule has 2 nitrogen and oxygen atoms in total. The number of alkyl halides is 1. The van der Waals surface area contributed by atoms with Crippen molar-refractivity contribution in [2.24, 2.45) is 34.5 Å². The standard InChI is InChI=1S/C19H29FO2/c1-18-7-5-12(21)9-11(18)3-4-13-14(18)6-8-19(2)15(13)10-16(20)17(19)22/h11-16,21H,3-10H2,1-2H3/t11-,12-,13+,14-,15-,16?,18-,19-/m0/s1. The number of hydrogen-bond donors (Lipinski definition) is 1. The fourth-order valence-corrected chi connectivity index (χ4v) is 6.98. The van der Waals surface area contributed by atoms with E-state index in [0.29, 0.717) is 29.6 Å². The maximum Gasteiger partial charge on any atom is 0.173 e. The minimum absolute atomic E-state index is 0.109. The molecular weight excluding hydrogens is 279 g/mol. The third kappa shape index (κ3) is 1.84. The molecule has 4 aliphatic rings. The van der Waals surface area contributed by atoms with E-state index in [1.54, 1.807) is 0 Å². The van der Waals surface area contributed by atoms with Gasteiger partial charge < -0.3 is 5.11 Å². The number of hydrogen-bond acceptors (Lipinski definition) is 2. The predicted octanol–water partition coefficient (Wildman–Crippen LogP) is 3.91. The van der Waals surface area contributed by atoms with Crippen LogP contribution in [0.1, 0.15) is 65.2 Å². The quantitative estimate of drug-likeness (QED) is 0.737. The summed E-state index contributed by atoms with van der Waals surface area (Å²) in [6.45, 7) is 4.46. The molecule has 124 valence electrons. The fourth-order valence-electron chi connectivity index (χ4n) is 6.98. The van der Waals surface area contributed by atoms with Gasteiger partial charge in [0.15, 0.2) is 12.0 Å². The number of carbonyl (C=O) groups excluding carboxylic acids is 1. The molecule has 4 saturated carbocycles. The Labute approximate surface area is 132 Å². The first-order valence-electron chi connectivity index (χ1n) is 9.23. The summed E-state index contributed by atoms with van der Waals surface area (Å²) in [5.41, 5.74) is -0.0844. The molecule has 0 heterocycles. The molecule has 0 spiro atoms. The Hall–Kier alpha value is -0.440. The number of aliphatic hydroxyl groups is 1. The zero-order chi connectivity index (χ0) is 15.7. The fraction of sp³-hybridized carbons (Fsp3) is 0.947. The first-order chi connectivity index (χ1) is 10.4. The average Bonchev–Trinajstić information content (AvgIpc) is 2.72. The van der Waals surface area contributed by atoms with Gasteiger partial charge in [0.25, 0.3) is 0 Å². The van der Waals surface area contributed by atoms with E-state index in [1.165, 1.54) is 0 Å². The van der Waals surface area contributed by atoms with Crippen molar-refractivity contribution in [1.29, 1.82) is 0 Å². The van der Waals surface area contributed by atoms with Gasteiger partial charge in [0.1, 0.15) is 0 Å². The van der Waals surface area contributed by atoms with Crippen LogP contribution in [-0.2, 0) is 4.79 Å². The summed E-state index contributed by atoms with van der Waals surface area (Å²) in [5, 5.41) is 10.0. The van der Waals surface area contributed by atoms with Crippen molar-refractivity contribution in [3.63, 3.8) is 0 Å². The summed E-state index contributed by atoms with van der Waals surface area (Å²) in [6.07, 6.45) is 6.37. The summed E-state index contributed by atoms with van der Waals surface area (Å²) in [6, 6.07) is 0. The second-order valence-corrected chi connectivity index (χ2v) is 9.11. The molecule has 4 rings (SSSR count). The predicted molar refractivity (Wildman–Crippen MR) is 83.0 cm³/mol. The normalized spacial score (nSPS) is 57.9. The zero-order valence-electron chi connectivity index (χ0n) is 13.9. The average molecular weight is 308 g/mol. The number of rotatable bonds is 0. The third-order valence-corrected chi connectivity index (χ3v) is 8.34. The Balaban J connectivity index is 1.64. The van der Waals surface area contributed by atoms with Gasteiger partial charge >= 0.3 is 0 Å². The SMILES string of the molecule is C[C@]12CC[C@H](O)C[C@@H]1CC[C@@H]1[C@@H]2CC[C@]2(C)C(=O)C(F)C[C@@H]12. The van der Waals surface area contributed by atoms with E-state index in [-0.39, 0.29) is 17.8 Å². The van der Waals surface area contributed by atoms with E-state index >= 15 is 0 Å². The largest absolute Gasteiger partial charge is 0.393 e. The molecule has 1 N–H and O–H groups in total. The lowest BCUT2D eigenvalue weighted by atomic mass is 9.45. The zero-order valence-corrected chi connectivity index (χ0v) is 13.9. The van der Waals surface area contributed by atoms with E-state index in [9.17, 15) is 14.3 Å². The lowest BCUT2D eigenvalue weighted by molar-refractivity contribution is -0.143. The van der Waals surface area contributed by atoms with Gasteiger partial charge in [0.2, 0.25) is 0 Å². The number of halogens is 1. The van der Waals surface area contributed by atoms with Crippen LogP contribution in [-0.4, -0.2) is 23.2 Å². The van der Waals surface area contributed by atoms with Crippen molar-refractivity contribution >= 4 is 5.78 Å². The van der Waals surface area contributed by atoms with Gasteiger partial charge in [0.05, 0.1) is 6.10 Å². The van der Waals surface area contributed by atoms with Crippen LogP contribution in [0.15, 0.2) is 0 Å². The number of Topliss-reactive ketones (excluding diaryl/α,β-unsaturated/α-hetero) is 1. The first-order valence-corrected chi connectivity index (χ1v) is 9.23. The smallest absolute Gasteiger partial charge is 0.173 e. The third-order valence-electron chi connectivity index (χ3n) is 8.34. The van der Waals surface area contributed by atoms with Crippen molar-refractivity contribution in [3.8, 4) is 0 Å². The molecule has 0 radical (unpaired) electrons. The molecule has 0 aliphatic heterocycles. The van der Waals surface area contributed by atoms with Crippen LogP contribution in [0, 0.1) is 34.5 Å². The molecule has 0 amide bonds. The molecular formula is C19H29FO2. The summed E-state index contributed by atoms with van der Waals surface area (Å²) < 4.78 is 14.1. The second kappa shape index (κ2) is 4.78. The van der Waals surface area contributed by atoms with Gasteiger partial charge in [-0.1, -0.05) is 13.8 Å². The molecule has 22 heavy (non-hydrogen) atoms. The maximum absolute atomic E-state index is 14.1. The van der Waals surface area contributed by atoms with Crippen molar-refractivity contribution in [2.75, 3.05) is 0 Å². The van der Waals surface area contributed by atoms with E-state index < -0.39 is 11.6 Å². The minimum atomic E-state index is -1.22. The summed E-state index contributed by atoms with van der Waals surface area (Å²) in [4.78, 5) is 12.3. The van der Waals surface area contributed by atoms with Crippen LogP contribution in [0.2, 0.25) is 0 Å². The molecule has 0 aromatic rings. The molecule has 1 unspecified atom stereocenters. The summed E-state index contributed by atoms with van der Waals surface area (Å²) >= 11 is 0. The minimum Gasteiger partial charge on any atom is -0.393 e. The summed E-state index contributed by atoms with van der Waals surface area (Å²) in [5.74, 6) is 1.94. The molecule has 8 atom stereocenters. The van der Waals surface area contributed by atoms with E-state index in [2.05, 4.69) is 6.92 Å². The van der Waals surface area contributed by atoms with E-state index in [1.807, 2.05) is 6.92 Å². The highest BCUT2D eigenvalue weighted by molar-refractivity contribution is 5.91. The number of fused-ring (bicyclic) bond motifs is 5. The van der Waals surface area contributed by atoms with Crippen LogP contribution < -0.4 is 0 Å². The molecule has 4 aliphatic carbocycles. The molecule has 4 fully saturated rings. The Morgan fingerprint density at radius 2 is 1.82 bits per heavy atom. The molecule has 0 aromatic heterocycles. The Morgan fingerprint density at radius 3 is 2.59 bits per heavy atom. The molecule has 3 heteroatoms. The van der Waals surface area contributed by atoms with Crippen LogP contribution in [0.4, 0.5) is 4.39 Å². The Bertz CT molecular complexity index is 492. The Morgan fingerprint density at radius 1 is 1.05 bits per heavy atom. The summed E-state index contributed by atoms with van der Waals surface area (Å²) in [7, 11) is 0. The van der Waals surface area contributed by atoms with Crippen molar-refractivity contribution in [3.05, 3.63) is 0 Å². The van der Waals surface area contributed by atoms with Gasteiger partial charge in [-0.2, -0.15) is 0 Å². The highest BCUT2D eigenvalue weighted by atomic mass is 19.1. The van der Waals surface area contributed by atoms with Gasteiger partial charge in [-0.05, 0) is 80.5 Å². The van der Waals surface area contributed by atoms with Crippen molar-refractivity contribution in [1.82, 2.24) is 0 Å². The van der Waals surface area contributed by atoms with Gasteiger partial charge in [-0.15, -0.1) is 0 Å². The van der Waals surface area contributed by atoms with Gasteiger partial charge in [-0.25, -0.2) is 4.39 Å². The molecule has 0 saturated heterocycles. The Kier molecular flexibility index (Phi) is 3.28. The van der Waals surface area contributed by atoms with Gasteiger partial charge in [-0.3, -0.25) is 4.79 Å². The van der Waals surface area contributed by atoms with Crippen molar-refractivity contribution < 1.29 is 14.3 Å².